The van der Waals surface area contributed by atoms with Crippen LogP contribution in [0.1, 0.15) is 24.5 Å². The molecule has 2 aromatic rings. The molecular weight excluding hydrogens is 384 g/mol. The zero-order valence-electron chi connectivity index (χ0n) is 17.4. The highest BCUT2D eigenvalue weighted by Crippen LogP contribution is 2.29. The van der Waals surface area contributed by atoms with E-state index in [4.69, 9.17) is 9.47 Å². The lowest BCUT2D eigenvalue weighted by Gasteiger charge is -2.19. The van der Waals surface area contributed by atoms with Crippen molar-refractivity contribution in [1.29, 1.82) is 0 Å². The zero-order chi connectivity index (χ0) is 21.7. The summed E-state index contributed by atoms with van der Waals surface area (Å²) < 4.78 is 10.6. The van der Waals surface area contributed by atoms with E-state index in [1.54, 1.807) is 29.2 Å². The van der Waals surface area contributed by atoms with E-state index in [9.17, 15) is 14.4 Å². The van der Waals surface area contributed by atoms with Crippen molar-refractivity contribution in [2.75, 3.05) is 30.0 Å². The number of amides is 2. The van der Waals surface area contributed by atoms with Crippen LogP contribution in [0.2, 0.25) is 0 Å². The van der Waals surface area contributed by atoms with E-state index in [1.807, 2.05) is 39.0 Å². The van der Waals surface area contributed by atoms with Crippen LogP contribution in [0.25, 0.3) is 0 Å². The molecule has 1 saturated heterocycles. The lowest BCUT2D eigenvalue weighted by atomic mass is 10.1. The van der Waals surface area contributed by atoms with Crippen molar-refractivity contribution in [3.63, 3.8) is 0 Å². The Morgan fingerprint density at radius 3 is 2.67 bits per heavy atom. The van der Waals surface area contributed by atoms with Crippen molar-refractivity contribution in [3.8, 4) is 5.75 Å². The van der Waals surface area contributed by atoms with Gasteiger partial charge in [0, 0.05) is 18.7 Å². The van der Waals surface area contributed by atoms with Crippen LogP contribution < -0.4 is 15.0 Å². The van der Waals surface area contributed by atoms with Gasteiger partial charge in [0.1, 0.15) is 5.75 Å². The number of para-hydroxylation sites is 2. The van der Waals surface area contributed by atoms with Gasteiger partial charge in [-0.1, -0.05) is 29.8 Å². The molecule has 158 valence electrons. The van der Waals surface area contributed by atoms with Gasteiger partial charge in [-0.3, -0.25) is 14.4 Å². The van der Waals surface area contributed by atoms with Crippen molar-refractivity contribution in [2.45, 2.75) is 27.2 Å². The van der Waals surface area contributed by atoms with Crippen molar-refractivity contribution in [1.82, 2.24) is 0 Å². The Morgan fingerprint density at radius 2 is 1.93 bits per heavy atom. The first kappa shape index (κ1) is 21.4. The van der Waals surface area contributed by atoms with Crippen molar-refractivity contribution in [2.24, 2.45) is 5.92 Å². The fourth-order valence-electron chi connectivity index (χ4n) is 3.50. The van der Waals surface area contributed by atoms with Gasteiger partial charge in [0.15, 0.2) is 6.61 Å². The average Bonchev–Trinajstić information content (AvgIpc) is 3.09. The number of carbonyl (C=O) groups excluding carboxylic acids is 3. The van der Waals surface area contributed by atoms with Crippen LogP contribution in [-0.4, -0.2) is 37.5 Å². The molecule has 0 bridgehead atoms. The Balaban J connectivity index is 1.55. The predicted octanol–water partition coefficient (Wildman–Crippen LogP) is 3.24. The molecule has 1 N–H and O–H groups in total. The first-order valence-corrected chi connectivity index (χ1v) is 9.95. The Morgan fingerprint density at radius 1 is 1.17 bits per heavy atom. The molecule has 3 rings (SSSR count). The number of ether oxygens (including phenoxy) is 2. The van der Waals surface area contributed by atoms with Crippen molar-refractivity contribution >= 4 is 29.2 Å². The third kappa shape index (κ3) is 4.97. The van der Waals surface area contributed by atoms with Gasteiger partial charge in [0.25, 0.3) is 5.91 Å². The molecule has 0 radical (unpaired) electrons. The molecule has 2 amide bonds. The molecule has 1 atom stereocenters. The molecule has 0 spiro atoms. The summed E-state index contributed by atoms with van der Waals surface area (Å²) in [5.41, 5.74) is 3.39. The Hall–Kier alpha value is -3.35. The van der Waals surface area contributed by atoms with E-state index in [0.29, 0.717) is 18.0 Å². The third-order valence-electron chi connectivity index (χ3n) is 4.91. The van der Waals surface area contributed by atoms with Gasteiger partial charge in [-0.25, -0.2) is 0 Å². The highest BCUT2D eigenvalue weighted by molar-refractivity contribution is 6.00. The monoisotopic (exact) mass is 410 g/mol. The SMILES string of the molecule is CCOc1ccccc1NC(=O)COC(=O)C1CC(=O)N(c2ccc(C)cc2C)C1. The van der Waals surface area contributed by atoms with E-state index < -0.39 is 24.4 Å². The standard InChI is InChI=1S/C23H26N2O5/c1-4-29-20-8-6-5-7-18(20)24-21(26)14-30-23(28)17-12-22(27)25(13-17)19-10-9-15(2)11-16(19)3/h5-11,17H,4,12-14H2,1-3H3,(H,24,26). The summed E-state index contributed by atoms with van der Waals surface area (Å²) in [6.07, 6.45) is 0.0704. The molecule has 1 heterocycles. The van der Waals surface area contributed by atoms with Crippen LogP contribution >= 0.6 is 0 Å². The highest BCUT2D eigenvalue weighted by atomic mass is 16.5. The van der Waals surface area contributed by atoms with Gasteiger partial charge in [-0.15, -0.1) is 0 Å². The second kappa shape index (κ2) is 9.43. The predicted molar refractivity (Wildman–Crippen MR) is 114 cm³/mol. The van der Waals surface area contributed by atoms with Crippen LogP contribution in [-0.2, 0) is 19.1 Å². The molecule has 30 heavy (non-hydrogen) atoms. The number of nitrogens with zero attached hydrogens (tertiary/aromatic N) is 1. The number of anilines is 2. The number of carbonyl (C=O) groups is 3. The second-order valence-corrected chi connectivity index (χ2v) is 7.28. The van der Waals surface area contributed by atoms with E-state index in [1.165, 1.54) is 0 Å². The van der Waals surface area contributed by atoms with Crippen molar-refractivity contribution in [3.05, 3.63) is 53.6 Å². The molecular formula is C23H26N2O5. The number of rotatable bonds is 7. The first-order chi connectivity index (χ1) is 14.4. The maximum absolute atomic E-state index is 12.4. The topological polar surface area (TPSA) is 84.9 Å². The summed E-state index contributed by atoms with van der Waals surface area (Å²) in [5.74, 6) is -1.19. The minimum Gasteiger partial charge on any atom is -0.492 e. The van der Waals surface area contributed by atoms with E-state index >= 15 is 0 Å². The van der Waals surface area contributed by atoms with E-state index in [2.05, 4.69) is 5.32 Å². The maximum atomic E-state index is 12.4. The molecule has 1 aliphatic heterocycles. The Kier molecular flexibility index (Phi) is 6.72. The van der Waals surface area contributed by atoms with Crippen LogP contribution in [0.5, 0.6) is 5.75 Å². The van der Waals surface area contributed by atoms with Gasteiger partial charge in [0.05, 0.1) is 18.2 Å². The van der Waals surface area contributed by atoms with E-state index in [-0.39, 0.29) is 18.9 Å². The fourth-order valence-corrected chi connectivity index (χ4v) is 3.50. The first-order valence-electron chi connectivity index (χ1n) is 9.95. The third-order valence-corrected chi connectivity index (χ3v) is 4.91. The average molecular weight is 410 g/mol. The summed E-state index contributed by atoms with van der Waals surface area (Å²) in [6.45, 7) is 6.06. The molecule has 0 saturated carbocycles. The lowest BCUT2D eigenvalue weighted by Crippen LogP contribution is -2.28. The van der Waals surface area contributed by atoms with Gasteiger partial charge >= 0.3 is 5.97 Å². The number of benzene rings is 2. The highest BCUT2D eigenvalue weighted by Gasteiger charge is 2.36. The van der Waals surface area contributed by atoms with Gasteiger partial charge in [0.2, 0.25) is 5.91 Å². The summed E-state index contributed by atoms with van der Waals surface area (Å²) in [6, 6.07) is 12.9. The molecule has 7 nitrogen and oxygen atoms in total. The molecule has 0 aliphatic carbocycles. The molecule has 1 fully saturated rings. The number of esters is 1. The summed E-state index contributed by atoms with van der Waals surface area (Å²) >= 11 is 0. The number of hydrogen-bond acceptors (Lipinski definition) is 5. The van der Waals surface area contributed by atoms with Crippen LogP contribution in [0, 0.1) is 19.8 Å². The fraction of sp³-hybridized carbons (Fsp3) is 0.348. The summed E-state index contributed by atoms with van der Waals surface area (Å²) in [7, 11) is 0. The zero-order valence-corrected chi connectivity index (χ0v) is 17.4. The van der Waals surface area contributed by atoms with E-state index in [0.717, 1.165) is 16.8 Å². The maximum Gasteiger partial charge on any atom is 0.311 e. The van der Waals surface area contributed by atoms with Crippen molar-refractivity contribution < 1.29 is 23.9 Å². The Labute approximate surface area is 176 Å². The minimum atomic E-state index is -0.596. The minimum absolute atomic E-state index is 0.0704. The largest absolute Gasteiger partial charge is 0.492 e. The smallest absolute Gasteiger partial charge is 0.311 e. The quantitative estimate of drug-likeness (QED) is 0.709. The summed E-state index contributed by atoms with van der Waals surface area (Å²) in [5, 5.41) is 2.68. The van der Waals surface area contributed by atoms with Gasteiger partial charge < -0.3 is 19.7 Å². The molecule has 0 aromatic heterocycles. The number of hydrogen-bond donors (Lipinski definition) is 1. The number of aryl methyl sites for hydroxylation is 2. The molecule has 2 aromatic carbocycles. The second-order valence-electron chi connectivity index (χ2n) is 7.28. The summed E-state index contributed by atoms with van der Waals surface area (Å²) in [4.78, 5) is 38.7. The Bertz CT molecular complexity index is 956. The molecule has 1 unspecified atom stereocenters. The number of nitrogens with one attached hydrogen (secondary N) is 1. The molecule has 1 aliphatic rings. The van der Waals surface area contributed by atoms with Crippen LogP contribution in [0.3, 0.4) is 0 Å². The van der Waals surface area contributed by atoms with Gasteiger partial charge in [-0.2, -0.15) is 0 Å². The normalized spacial score (nSPS) is 15.8. The molecule has 7 heteroatoms. The van der Waals surface area contributed by atoms with Crippen LogP contribution in [0.15, 0.2) is 42.5 Å². The van der Waals surface area contributed by atoms with Crippen LogP contribution in [0.4, 0.5) is 11.4 Å². The lowest BCUT2D eigenvalue weighted by molar-refractivity contribution is -0.151. The van der Waals surface area contributed by atoms with Gasteiger partial charge in [-0.05, 0) is 44.5 Å².